The number of carbonyl (C=O) groups is 2. The monoisotopic (exact) mass is 400 g/mol. The number of aryl methyl sites for hydroxylation is 1. The van der Waals surface area contributed by atoms with Gasteiger partial charge in [-0.15, -0.1) is 22.7 Å². The molecular weight excluding hydrogens is 389 g/mol. The van der Waals surface area contributed by atoms with Crippen molar-refractivity contribution in [3.63, 3.8) is 0 Å². The minimum atomic E-state index is -4.55. The first-order valence-electron chi connectivity index (χ1n) is 7.17. The largest absolute Gasteiger partial charge is 0.465 e. The molecule has 0 aliphatic heterocycles. The van der Waals surface area contributed by atoms with E-state index in [0.717, 1.165) is 28.7 Å². The van der Waals surface area contributed by atoms with Crippen LogP contribution in [0.2, 0.25) is 0 Å². The number of carbonyl (C=O) groups excluding carboxylic acids is 2. The van der Waals surface area contributed by atoms with E-state index >= 15 is 0 Å². The number of nitrogens with zero attached hydrogens (tertiary/aromatic N) is 1. The van der Waals surface area contributed by atoms with Gasteiger partial charge in [0.1, 0.15) is 15.4 Å². The standard InChI is InChI=1S/C16H11F3N2O3S2/c1-7-8-3-4-10(16(17,18)19)21-14(8)26-11(7)13(22)20-9-5-6-25-12(9)15(23)24-2/h3-6H,1-2H3,(H,20,22). The Morgan fingerprint density at radius 1 is 1.19 bits per heavy atom. The molecule has 26 heavy (non-hydrogen) atoms. The van der Waals surface area contributed by atoms with Crippen molar-refractivity contribution in [2.24, 2.45) is 0 Å². The highest BCUT2D eigenvalue weighted by atomic mass is 32.1. The molecule has 1 N–H and O–H groups in total. The minimum Gasteiger partial charge on any atom is -0.465 e. The van der Waals surface area contributed by atoms with Crippen LogP contribution in [0.25, 0.3) is 10.2 Å². The number of amides is 1. The number of nitrogens with one attached hydrogen (secondary N) is 1. The summed E-state index contributed by atoms with van der Waals surface area (Å²) in [7, 11) is 1.23. The van der Waals surface area contributed by atoms with Gasteiger partial charge >= 0.3 is 12.1 Å². The van der Waals surface area contributed by atoms with Crippen molar-refractivity contribution in [1.29, 1.82) is 0 Å². The van der Waals surface area contributed by atoms with Gasteiger partial charge in [0.05, 0.1) is 17.7 Å². The van der Waals surface area contributed by atoms with Crippen LogP contribution in [-0.2, 0) is 10.9 Å². The van der Waals surface area contributed by atoms with E-state index < -0.39 is 23.7 Å². The van der Waals surface area contributed by atoms with Crippen molar-refractivity contribution >= 4 is 50.5 Å². The van der Waals surface area contributed by atoms with Crippen molar-refractivity contribution in [3.8, 4) is 0 Å². The number of hydrogen-bond acceptors (Lipinski definition) is 6. The number of aromatic nitrogens is 1. The van der Waals surface area contributed by atoms with Crippen molar-refractivity contribution in [2.45, 2.75) is 13.1 Å². The number of fused-ring (bicyclic) bond motifs is 1. The summed E-state index contributed by atoms with van der Waals surface area (Å²) < 4.78 is 43.1. The Balaban J connectivity index is 1.95. The summed E-state index contributed by atoms with van der Waals surface area (Å²) in [5.74, 6) is -1.11. The molecule has 0 aliphatic rings. The third-order valence-corrected chi connectivity index (χ3v) is 5.68. The molecule has 0 saturated heterocycles. The Kier molecular flexibility index (Phi) is 4.72. The van der Waals surface area contributed by atoms with Gasteiger partial charge in [-0.3, -0.25) is 4.79 Å². The quantitative estimate of drug-likeness (QED) is 0.646. The second kappa shape index (κ2) is 6.69. The second-order valence-electron chi connectivity index (χ2n) is 5.21. The van der Waals surface area contributed by atoms with Crippen LogP contribution in [-0.4, -0.2) is 24.0 Å². The van der Waals surface area contributed by atoms with Crippen LogP contribution in [0.1, 0.15) is 30.6 Å². The van der Waals surface area contributed by atoms with E-state index in [4.69, 9.17) is 0 Å². The summed E-state index contributed by atoms with van der Waals surface area (Å²) >= 11 is 1.98. The van der Waals surface area contributed by atoms with E-state index in [-0.39, 0.29) is 20.3 Å². The molecule has 0 radical (unpaired) electrons. The highest BCUT2D eigenvalue weighted by Crippen LogP contribution is 2.35. The number of methoxy groups -OCH3 is 1. The lowest BCUT2D eigenvalue weighted by molar-refractivity contribution is -0.140. The van der Waals surface area contributed by atoms with E-state index in [0.29, 0.717) is 10.9 Å². The predicted octanol–water partition coefficient (Wildman–Crippen LogP) is 4.72. The third kappa shape index (κ3) is 3.29. The van der Waals surface area contributed by atoms with Gasteiger partial charge in [-0.2, -0.15) is 13.2 Å². The van der Waals surface area contributed by atoms with Crippen LogP contribution in [0.15, 0.2) is 23.6 Å². The molecule has 136 valence electrons. The van der Waals surface area contributed by atoms with Gasteiger partial charge in [-0.1, -0.05) is 0 Å². The lowest BCUT2D eigenvalue weighted by atomic mass is 10.1. The molecular formula is C16H11F3N2O3S2. The Morgan fingerprint density at radius 2 is 1.92 bits per heavy atom. The Labute approximate surface area is 153 Å². The summed E-state index contributed by atoms with van der Waals surface area (Å²) in [6.07, 6.45) is -4.55. The molecule has 10 heteroatoms. The van der Waals surface area contributed by atoms with E-state index in [1.807, 2.05) is 0 Å². The summed E-state index contributed by atoms with van der Waals surface area (Å²) in [4.78, 5) is 28.4. The molecule has 0 aliphatic carbocycles. The zero-order valence-corrected chi connectivity index (χ0v) is 15.1. The lowest BCUT2D eigenvalue weighted by Gasteiger charge is -2.05. The molecule has 3 rings (SSSR count). The van der Waals surface area contributed by atoms with E-state index in [1.54, 1.807) is 18.4 Å². The predicted molar refractivity (Wildman–Crippen MR) is 93.0 cm³/mol. The first-order chi connectivity index (χ1) is 12.2. The number of thiophene rings is 2. The van der Waals surface area contributed by atoms with Gasteiger partial charge in [0.15, 0.2) is 0 Å². The molecule has 3 aromatic heterocycles. The summed E-state index contributed by atoms with van der Waals surface area (Å²) in [5, 5.41) is 4.70. The number of alkyl halides is 3. The van der Waals surface area contributed by atoms with Crippen LogP contribution < -0.4 is 5.32 Å². The maximum atomic E-state index is 12.8. The van der Waals surface area contributed by atoms with E-state index in [2.05, 4.69) is 15.0 Å². The number of halogens is 3. The van der Waals surface area contributed by atoms with Gasteiger partial charge in [0.25, 0.3) is 5.91 Å². The highest BCUT2D eigenvalue weighted by molar-refractivity contribution is 7.20. The van der Waals surface area contributed by atoms with Gasteiger partial charge in [0, 0.05) is 5.39 Å². The molecule has 0 spiro atoms. The van der Waals surface area contributed by atoms with Gasteiger partial charge < -0.3 is 10.1 Å². The fourth-order valence-corrected chi connectivity index (χ4v) is 4.15. The Morgan fingerprint density at radius 3 is 2.58 bits per heavy atom. The van der Waals surface area contributed by atoms with Crippen molar-refractivity contribution in [2.75, 3.05) is 12.4 Å². The zero-order chi connectivity index (χ0) is 19.1. The molecule has 3 heterocycles. The van der Waals surface area contributed by atoms with Crippen LogP contribution in [0.3, 0.4) is 0 Å². The van der Waals surface area contributed by atoms with Crippen molar-refractivity contribution in [3.05, 3.63) is 44.6 Å². The molecule has 3 aromatic rings. The summed E-state index contributed by atoms with van der Waals surface area (Å²) in [6, 6.07) is 3.74. The highest BCUT2D eigenvalue weighted by Gasteiger charge is 2.33. The average molecular weight is 400 g/mol. The maximum Gasteiger partial charge on any atom is 0.433 e. The number of ether oxygens (including phenoxy) is 1. The molecule has 0 fully saturated rings. The summed E-state index contributed by atoms with van der Waals surface area (Å²) in [6.45, 7) is 1.64. The summed E-state index contributed by atoms with van der Waals surface area (Å²) in [5.41, 5.74) is -0.199. The molecule has 5 nitrogen and oxygen atoms in total. The van der Waals surface area contributed by atoms with Gasteiger partial charge in [-0.05, 0) is 36.1 Å². The van der Waals surface area contributed by atoms with E-state index in [9.17, 15) is 22.8 Å². The second-order valence-corrected chi connectivity index (χ2v) is 7.13. The zero-order valence-electron chi connectivity index (χ0n) is 13.4. The number of pyridine rings is 1. The van der Waals surface area contributed by atoms with Crippen molar-refractivity contribution < 1.29 is 27.5 Å². The van der Waals surface area contributed by atoms with Crippen molar-refractivity contribution in [1.82, 2.24) is 4.98 Å². The molecule has 1 amide bonds. The first-order valence-corrected chi connectivity index (χ1v) is 8.86. The van der Waals surface area contributed by atoms with E-state index in [1.165, 1.54) is 13.2 Å². The molecule has 0 bridgehead atoms. The SMILES string of the molecule is COC(=O)c1sccc1NC(=O)c1sc2nc(C(F)(F)F)ccc2c1C. The lowest BCUT2D eigenvalue weighted by Crippen LogP contribution is -2.13. The number of hydrogen-bond donors (Lipinski definition) is 1. The molecule has 0 atom stereocenters. The van der Waals surface area contributed by atoms with Crippen LogP contribution in [0.5, 0.6) is 0 Å². The topological polar surface area (TPSA) is 68.3 Å². The van der Waals surface area contributed by atoms with Gasteiger partial charge in [0.2, 0.25) is 0 Å². The minimum absolute atomic E-state index is 0.126. The van der Waals surface area contributed by atoms with Crippen LogP contribution in [0, 0.1) is 6.92 Å². The van der Waals surface area contributed by atoms with Crippen LogP contribution >= 0.6 is 22.7 Å². The molecule has 0 unspecified atom stereocenters. The maximum absolute atomic E-state index is 12.8. The smallest absolute Gasteiger partial charge is 0.433 e. The average Bonchev–Trinajstić information content (AvgIpc) is 3.17. The van der Waals surface area contributed by atoms with Gasteiger partial charge in [-0.25, -0.2) is 9.78 Å². The number of esters is 1. The molecule has 0 saturated carbocycles. The third-order valence-electron chi connectivity index (χ3n) is 3.58. The first kappa shape index (κ1) is 18.3. The van der Waals surface area contributed by atoms with Crippen LogP contribution in [0.4, 0.5) is 18.9 Å². The fourth-order valence-electron chi connectivity index (χ4n) is 2.31. The Hall–Kier alpha value is -2.46. The Bertz CT molecular complexity index is 1010. The number of rotatable bonds is 3. The normalized spacial score (nSPS) is 11.6. The fraction of sp³-hybridized carbons (Fsp3) is 0.188. The number of anilines is 1. The molecule has 0 aromatic carbocycles.